The molecule has 0 radical (unpaired) electrons. The second-order valence-corrected chi connectivity index (χ2v) is 5.09. The van der Waals surface area contributed by atoms with Crippen LogP contribution in [0, 0.1) is 0 Å². The quantitative estimate of drug-likeness (QED) is 0.845. The van der Waals surface area contributed by atoms with E-state index in [-0.39, 0.29) is 5.56 Å². The first-order valence-corrected chi connectivity index (χ1v) is 6.54. The molecule has 0 aliphatic rings. The standard InChI is InChI=1S/C12H12ClN3OS/c1-14-7-8-6-9(13)2-3-10(8)18-12-15-5-4-11(17)16-12/h2-6,14H,7H2,1H3,(H,15,16,17). The number of H-pyrrole nitrogens is 1. The predicted octanol–water partition coefficient (Wildman–Crippen LogP) is 2.29. The van der Waals surface area contributed by atoms with Crippen LogP contribution in [0.15, 0.2) is 45.3 Å². The van der Waals surface area contributed by atoms with Crippen LogP contribution in [-0.4, -0.2) is 17.0 Å². The first kappa shape index (κ1) is 13.1. The fourth-order valence-corrected chi connectivity index (χ4v) is 2.55. The molecule has 18 heavy (non-hydrogen) atoms. The van der Waals surface area contributed by atoms with Gasteiger partial charge in [-0.3, -0.25) is 4.79 Å². The van der Waals surface area contributed by atoms with Crippen LogP contribution in [0.25, 0.3) is 0 Å². The van der Waals surface area contributed by atoms with Crippen LogP contribution < -0.4 is 10.9 Å². The van der Waals surface area contributed by atoms with E-state index >= 15 is 0 Å². The summed E-state index contributed by atoms with van der Waals surface area (Å²) in [5.41, 5.74) is 0.915. The second-order valence-electron chi connectivity index (χ2n) is 3.62. The monoisotopic (exact) mass is 281 g/mol. The molecule has 0 bridgehead atoms. The number of rotatable bonds is 4. The Bertz CT molecular complexity index is 600. The molecule has 0 amide bonds. The van der Waals surface area contributed by atoms with Gasteiger partial charge in [0.25, 0.3) is 5.56 Å². The van der Waals surface area contributed by atoms with E-state index in [0.717, 1.165) is 10.5 Å². The van der Waals surface area contributed by atoms with Crippen LogP contribution in [0.1, 0.15) is 5.56 Å². The molecule has 0 atom stereocenters. The Balaban J connectivity index is 2.30. The molecule has 2 N–H and O–H groups in total. The first-order valence-electron chi connectivity index (χ1n) is 5.35. The number of hydrogen-bond acceptors (Lipinski definition) is 4. The lowest BCUT2D eigenvalue weighted by Gasteiger charge is -2.08. The summed E-state index contributed by atoms with van der Waals surface area (Å²) in [6, 6.07) is 7.04. The van der Waals surface area contributed by atoms with Crippen molar-refractivity contribution in [2.45, 2.75) is 16.6 Å². The smallest absolute Gasteiger partial charge is 0.251 e. The number of nitrogens with zero attached hydrogens (tertiary/aromatic N) is 1. The minimum Gasteiger partial charge on any atom is -0.316 e. The van der Waals surface area contributed by atoms with Gasteiger partial charge >= 0.3 is 0 Å². The van der Waals surface area contributed by atoms with E-state index in [9.17, 15) is 4.79 Å². The first-order chi connectivity index (χ1) is 8.69. The maximum Gasteiger partial charge on any atom is 0.251 e. The Labute approximate surface area is 114 Å². The highest BCUT2D eigenvalue weighted by molar-refractivity contribution is 7.99. The molecule has 94 valence electrons. The molecule has 0 aliphatic heterocycles. The third-order valence-corrected chi connectivity index (χ3v) is 3.50. The molecule has 0 saturated carbocycles. The number of aromatic nitrogens is 2. The Kier molecular flexibility index (Phi) is 4.41. The third-order valence-electron chi connectivity index (χ3n) is 2.24. The summed E-state index contributed by atoms with van der Waals surface area (Å²) in [6.07, 6.45) is 1.49. The summed E-state index contributed by atoms with van der Waals surface area (Å²) in [5, 5.41) is 4.35. The van der Waals surface area contributed by atoms with Gasteiger partial charge in [0.2, 0.25) is 0 Å². The molecule has 0 saturated heterocycles. The highest BCUT2D eigenvalue weighted by Gasteiger charge is 2.06. The summed E-state index contributed by atoms with van der Waals surface area (Å²) >= 11 is 7.38. The van der Waals surface area contributed by atoms with E-state index in [2.05, 4.69) is 15.3 Å². The predicted molar refractivity (Wildman–Crippen MR) is 73.2 cm³/mol. The molecular weight excluding hydrogens is 270 g/mol. The number of benzene rings is 1. The summed E-state index contributed by atoms with van der Waals surface area (Å²) in [5.74, 6) is 0. The summed E-state index contributed by atoms with van der Waals surface area (Å²) in [4.78, 5) is 19.0. The maximum atomic E-state index is 11.2. The van der Waals surface area contributed by atoms with Gasteiger partial charge in [0.05, 0.1) is 0 Å². The molecule has 1 aromatic carbocycles. The third kappa shape index (κ3) is 3.35. The van der Waals surface area contributed by atoms with Crippen LogP contribution in [0.5, 0.6) is 0 Å². The van der Waals surface area contributed by atoms with E-state index in [4.69, 9.17) is 11.6 Å². The SMILES string of the molecule is CNCc1cc(Cl)ccc1Sc1nccc(=O)[nH]1. The number of halogens is 1. The van der Waals surface area contributed by atoms with Crippen LogP contribution >= 0.6 is 23.4 Å². The van der Waals surface area contributed by atoms with Crippen LogP contribution in [0.3, 0.4) is 0 Å². The fraction of sp³-hybridized carbons (Fsp3) is 0.167. The van der Waals surface area contributed by atoms with Gasteiger partial charge in [-0.05, 0) is 30.8 Å². The average molecular weight is 282 g/mol. The lowest BCUT2D eigenvalue weighted by molar-refractivity contribution is 0.802. The molecule has 6 heteroatoms. The van der Waals surface area contributed by atoms with Crippen molar-refractivity contribution in [2.75, 3.05) is 7.05 Å². The van der Waals surface area contributed by atoms with E-state index < -0.39 is 0 Å². The van der Waals surface area contributed by atoms with Crippen molar-refractivity contribution in [3.8, 4) is 0 Å². The largest absolute Gasteiger partial charge is 0.316 e. The second kappa shape index (κ2) is 6.04. The lowest BCUT2D eigenvalue weighted by Crippen LogP contribution is -2.07. The van der Waals surface area contributed by atoms with Crippen molar-refractivity contribution in [1.82, 2.24) is 15.3 Å². The van der Waals surface area contributed by atoms with Crippen molar-refractivity contribution in [2.24, 2.45) is 0 Å². The van der Waals surface area contributed by atoms with Gasteiger partial charge in [-0.1, -0.05) is 23.4 Å². The maximum absolute atomic E-state index is 11.2. The van der Waals surface area contributed by atoms with E-state index in [0.29, 0.717) is 16.7 Å². The van der Waals surface area contributed by atoms with Gasteiger partial charge < -0.3 is 10.3 Å². The van der Waals surface area contributed by atoms with Crippen LogP contribution in [0.2, 0.25) is 5.02 Å². The Morgan fingerprint density at radius 2 is 2.28 bits per heavy atom. The van der Waals surface area contributed by atoms with Gasteiger partial charge in [-0.25, -0.2) is 4.98 Å². The Morgan fingerprint density at radius 3 is 3.00 bits per heavy atom. The number of nitrogens with one attached hydrogen (secondary N) is 2. The van der Waals surface area contributed by atoms with Gasteiger partial charge in [-0.2, -0.15) is 0 Å². The van der Waals surface area contributed by atoms with Crippen molar-refractivity contribution >= 4 is 23.4 Å². The van der Waals surface area contributed by atoms with Crippen molar-refractivity contribution in [3.63, 3.8) is 0 Å². The summed E-state index contributed by atoms with van der Waals surface area (Å²) < 4.78 is 0. The normalized spacial score (nSPS) is 10.6. The molecule has 1 heterocycles. The molecule has 0 aliphatic carbocycles. The highest BCUT2D eigenvalue weighted by atomic mass is 35.5. The Morgan fingerprint density at radius 1 is 1.44 bits per heavy atom. The topological polar surface area (TPSA) is 57.8 Å². The van der Waals surface area contributed by atoms with E-state index in [1.165, 1.54) is 24.0 Å². The van der Waals surface area contributed by atoms with Gasteiger partial charge in [0.1, 0.15) is 0 Å². The lowest BCUT2D eigenvalue weighted by atomic mass is 10.2. The zero-order valence-electron chi connectivity index (χ0n) is 9.74. The van der Waals surface area contributed by atoms with Crippen LogP contribution in [0.4, 0.5) is 0 Å². The van der Waals surface area contributed by atoms with E-state index in [1.54, 1.807) is 0 Å². The van der Waals surface area contributed by atoms with E-state index in [1.807, 2.05) is 25.2 Å². The molecule has 2 aromatic rings. The molecule has 0 fully saturated rings. The summed E-state index contributed by atoms with van der Waals surface area (Å²) in [7, 11) is 1.87. The van der Waals surface area contributed by atoms with Crippen molar-refractivity contribution in [3.05, 3.63) is 51.4 Å². The van der Waals surface area contributed by atoms with Crippen LogP contribution in [-0.2, 0) is 6.54 Å². The fourth-order valence-electron chi connectivity index (χ4n) is 1.48. The molecule has 0 unspecified atom stereocenters. The van der Waals surface area contributed by atoms with Crippen molar-refractivity contribution in [1.29, 1.82) is 0 Å². The van der Waals surface area contributed by atoms with Gasteiger partial charge in [0.15, 0.2) is 5.16 Å². The highest BCUT2D eigenvalue weighted by Crippen LogP contribution is 2.29. The molecule has 0 spiro atoms. The minimum atomic E-state index is -0.156. The number of hydrogen-bond donors (Lipinski definition) is 2. The minimum absolute atomic E-state index is 0.156. The number of aromatic amines is 1. The molecule has 4 nitrogen and oxygen atoms in total. The Hall–Kier alpha value is -1.30. The zero-order valence-corrected chi connectivity index (χ0v) is 11.3. The zero-order chi connectivity index (χ0) is 13.0. The van der Waals surface area contributed by atoms with Gasteiger partial charge in [-0.15, -0.1) is 0 Å². The molecule has 1 aromatic heterocycles. The summed E-state index contributed by atoms with van der Waals surface area (Å²) in [6.45, 7) is 0.708. The van der Waals surface area contributed by atoms with Crippen molar-refractivity contribution < 1.29 is 0 Å². The van der Waals surface area contributed by atoms with Gasteiger partial charge in [0, 0.05) is 28.7 Å². The molecular formula is C12H12ClN3OS. The average Bonchev–Trinajstić information content (AvgIpc) is 2.33. The molecule has 2 rings (SSSR count).